The lowest BCUT2D eigenvalue weighted by atomic mass is 10.0. The van der Waals surface area contributed by atoms with E-state index < -0.39 is 0 Å². The molecule has 2 atom stereocenters. The second-order valence-electron chi connectivity index (χ2n) is 3.69. The van der Waals surface area contributed by atoms with Gasteiger partial charge >= 0.3 is 0 Å². The highest BCUT2D eigenvalue weighted by atomic mass is 16.5. The largest absolute Gasteiger partial charge is 0.379 e. The average Bonchev–Trinajstić information content (AvgIpc) is 3.04. The molecule has 0 radical (unpaired) electrons. The molecule has 76 valence electrons. The minimum atomic E-state index is -0.152. The molecule has 4 heteroatoms. The molecule has 4 nitrogen and oxygen atoms in total. The lowest BCUT2D eigenvalue weighted by molar-refractivity contribution is 0.0612. The summed E-state index contributed by atoms with van der Waals surface area (Å²) in [5, 5.41) is 0. The molecule has 1 aliphatic carbocycles. The van der Waals surface area contributed by atoms with Gasteiger partial charge in [-0.3, -0.25) is 9.97 Å². The van der Waals surface area contributed by atoms with E-state index in [-0.39, 0.29) is 12.1 Å². The van der Waals surface area contributed by atoms with E-state index in [0.29, 0.717) is 5.92 Å². The minimum absolute atomic E-state index is 0.0895. The van der Waals surface area contributed by atoms with Gasteiger partial charge in [0.25, 0.3) is 0 Å². The fourth-order valence-electron chi connectivity index (χ4n) is 1.71. The Hall–Kier alpha value is -1.00. The molecule has 2 unspecified atom stereocenters. The van der Waals surface area contributed by atoms with Crippen molar-refractivity contribution in [1.82, 2.24) is 9.97 Å². The maximum absolute atomic E-state index is 6.06. The van der Waals surface area contributed by atoms with Crippen molar-refractivity contribution in [1.29, 1.82) is 0 Å². The van der Waals surface area contributed by atoms with E-state index in [2.05, 4.69) is 9.97 Å². The van der Waals surface area contributed by atoms with Crippen LogP contribution in [0.15, 0.2) is 18.6 Å². The number of nitrogens with two attached hydrogens (primary N) is 1. The van der Waals surface area contributed by atoms with E-state index in [1.54, 1.807) is 25.7 Å². The third-order valence-electron chi connectivity index (χ3n) is 2.64. The number of rotatable bonds is 4. The van der Waals surface area contributed by atoms with Gasteiger partial charge in [-0.25, -0.2) is 0 Å². The molecule has 0 aromatic carbocycles. The van der Waals surface area contributed by atoms with Gasteiger partial charge in [-0.15, -0.1) is 0 Å². The van der Waals surface area contributed by atoms with Gasteiger partial charge in [-0.1, -0.05) is 0 Å². The Bertz CT molecular complexity index is 287. The Labute approximate surface area is 83.5 Å². The van der Waals surface area contributed by atoms with Crippen LogP contribution in [0.5, 0.6) is 0 Å². The van der Waals surface area contributed by atoms with E-state index in [0.717, 1.165) is 5.69 Å². The van der Waals surface area contributed by atoms with Crippen LogP contribution in [-0.4, -0.2) is 23.2 Å². The fourth-order valence-corrected chi connectivity index (χ4v) is 1.71. The summed E-state index contributed by atoms with van der Waals surface area (Å²) in [6.45, 7) is 0. The van der Waals surface area contributed by atoms with Crippen LogP contribution in [0.3, 0.4) is 0 Å². The molecule has 0 aliphatic heterocycles. The first kappa shape index (κ1) is 9.55. The number of methoxy groups -OCH3 is 1. The molecular formula is C10H15N3O. The molecule has 1 aliphatic rings. The van der Waals surface area contributed by atoms with Gasteiger partial charge in [0, 0.05) is 19.5 Å². The van der Waals surface area contributed by atoms with Crippen molar-refractivity contribution in [2.75, 3.05) is 7.11 Å². The van der Waals surface area contributed by atoms with E-state index in [1.165, 1.54) is 12.8 Å². The first-order valence-corrected chi connectivity index (χ1v) is 4.87. The van der Waals surface area contributed by atoms with Crippen LogP contribution >= 0.6 is 0 Å². The van der Waals surface area contributed by atoms with Crippen LogP contribution in [0, 0.1) is 5.92 Å². The van der Waals surface area contributed by atoms with Crippen molar-refractivity contribution < 1.29 is 4.74 Å². The summed E-state index contributed by atoms with van der Waals surface area (Å²) in [6.07, 6.45) is 7.54. The van der Waals surface area contributed by atoms with Gasteiger partial charge in [-0.2, -0.15) is 0 Å². The molecule has 1 aromatic heterocycles. The van der Waals surface area contributed by atoms with E-state index >= 15 is 0 Å². The molecule has 1 heterocycles. The number of ether oxygens (including phenoxy) is 1. The Balaban J connectivity index is 2.09. The van der Waals surface area contributed by atoms with E-state index in [1.807, 2.05) is 0 Å². The van der Waals surface area contributed by atoms with Crippen molar-refractivity contribution in [2.24, 2.45) is 11.7 Å². The van der Waals surface area contributed by atoms with Gasteiger partial charge in [0.05, 0.1) is 24.0 Å². The predicted octanol–water partition coefficient (Wildman–Crippen LogP) is 0.901. The first-order chi connectivity index (χ1) is 6.83. The molecule has 0 saturated heterocycles. The molecular weight excluding hydrogens is 178 g/mol. The average molecular weight is 193 g/mol. The van der Waals surface area contributed by atoms with Gasteiger partial charge < -0.3 is 10.5 Å². The highest BCUT2D eigenvalue weighted by Gasteiger charge is 2.36. The molecule has 1 fully saturated rings. The fraction of sp³-hybridized carbons (Fsp3) is 0.600. The molecule has 0 bridgehead atoms. The van der Waals surface area contributed by atoms with Gasteiger partial charge in [0.15, 0.2) is 0 Å². The van der Waals surface area contributed by atoms with Crippen molar-refractivity contribution >= 4 is 0 Å². The SMILES string of the molecule is COC(C1CC1)C(N)c1cnccn1. The zero-order chi connectivity index (χ0) is 9.97. The Kier molecular flexibility index (Phi) is 2.74. The summed E-state index contributed by atoms with van der Waals surface area (Å²) in [4.78, 5) is 8.19. The first-order valence-electron chi connectivity index (χ1n) is 4.87. The molecule has 0 amide bonds. The molecule has 1 saturated carbocycles. The molecule has 0 spiro atoms. The third kappa shape index (κ3) is 1.91. The summed E-state index contributed by atoms with van der Waals surface area (Å²) < 4.78 is 5.40. The molecule has 14 heavy (non-hydrogen) atoms. The number of hydrogen-bond donors (Lipinski definition) is 1. The maximum Gasteiger partial charge on any atom is 0.0807 e. The quantitative estimate of drug-likeness (QED) is 0.771. The Morgan fingerprint density at radius 3 is 2.79 bits per heavy atom. The van der Waals surface area contributed by atoms with E-state index in [9.17, 15) is 0 Å². The van der Waals surface area contributed by atoms with Crippen LogP contribution in [0.25, 0.3) is 0 Å². The highest BCUT2D eigenvalue weighted by Crippen LogP contribution is 2.38. The zero-order valence-electron chi connectivity index (χ0n) is 8.26. The van der Waals surface area contributed by atoms with Gasteiger partial charge in [0.1, 0.15) is 0 Å². The summed E-state index contributed by atoms with van der Waals surface area (Å²) in [6, 6.07) is -0.152. The summed E-state index contributed by atoms with van der Waals surface area (Å²) in [5.74, 6) is 0.608. The number of hydrogen-bond acceptors (Lipinski definition) is 4. The van der Waals surface area contributed by atoms with Crippen LogP contribution in [0.1, 0.15) is 24.6 Å². The van der Waals surface area contributed by atoms with Crippen molar-refractivity contribution in [3.05, 3.63) is 24.3 Å². The predicted molar refractivity (Wildman–Crippen MR) is 52.5 cm³/mol. The maximum atomic E-state index is 6.06. The molecule has 2 rings (SSSR count). The minimum Gasteiger partial charge on any atom is -0.379 e. The van der Waals surface area contributed by atoms with Crippen LogP contribution in [0.4, 0.5) is 0 Å². The summed E-state index contributed by atoms with van der Waals surface area (Å²) in [5.41, 5.74) is 6.87. The summed E-state index contributed by atoms with van der Waals surface area (Å²) in [7, 11) is 1.71. The van der Waals surface area contributed by atoms with Crippen molar-refractivity contribution in [2.45, 2.75) is 25.0 Å². The lowest BCUT2D eigenvalue weighted by Crippen LogP contribution is -2.30. The van der Waals surface area contributed by atoms with Crippen molar-refractivity contribution in [3.63, 3.8) is 0 Å². The van der Waals surface area contributed by atoms with Crippen LogP contribution < -0.4 is 5.73 Å². The van der Waals surface area contributed by atoms with E-state index in [4.69, 9.17) is 10.5 Å². The third-order valence-corrected chi connectivity index (χ3v) is 2.64. The van der Waals surface area contributed by atoms with Crippen molar-refractivity contribution in [3.8, 4) is 0 Å². The molecule has 1 aromatic rings. The monoisotopic (exact) mass is 193 g/mol. The van der Waals surface area contributed by atoms with Crippen LogP contribution in [0.2, 0.25) is 0 Å². The summed E-state index contributed by atoms with van der Waals surface area (Å²) >= 11 is 0. The standard InChI is InChI=1S/C10H15N3O/c1-14-10(7-2-3-7)9(11)8-6-12-4-5-13-8/h4-7,9-10H,2-3,11H2,1H3. The topological polar surface area (TPSA) is 61.0 Å². The van der Waals surface area contributed by atoms with Crippen LogP contribution in [-0.2, 0) is 4.74 Å². The Morgan fingerprint density at radius 1 is 1.50 bits per heavy atom. The number of nitrogens with zero attached hydrogens (tertiary/aromatic N) is 2. The second-order valence-corrected chi connectivity index (χ2v) is 3.69. The normalized spacial score (nSPS) is 20.4. The molecule has 2 N–H and O–H groups in total. The lowest BCUT2D eigenvalue weighted by Gasteiger charge is -2.21. The highest BCUT2D eigenvalue weighted by molar-refractivity contribution is 5.06. The zero-order valence-corrected chi connectivity index (χ0v) is 8.26. The number of aromatic nitrogens is 2. The smallest absolute Gasteiger partial charge is 0.0807 e. The Morgan fingerprint density at radius 2 is 2.29 bits per heavy atom. The van der Waals surface area contributed by atoms with Gasteiger partial charge in [-0.05, 0) is 18.8 Å². The van der Waals surface area contributed by atoms with Gasteiger partial charge in [0.2, 0.25) is 0 Å². The second kappa shape index (κ2) is 4.02.